The Morgan fingerprint density at radius 2 is 0.900 bits per heavy atom. The van der Waals surface area contributed by atoms with E-state index in [9.17, 15) is 9.46 Å². The number of rotatable bonds is 22. The van der Waals surface area contributed by atoms with E-state index in [0.29, 0.717) is 29.6 Å². The predicted octanol–water partition coefficient (Wildman–Crippen LogP) is 13.2. The normalized spacial score (nSPS) is 15.7. The SMILES string of the molecule is CC(CC(C)(C)C)CP(=O)(O)CC(C)CC(C)(C)C.CCC(CC)(CC)CCCCCCCCCCCCCP. The largest absolute Gasteiger partial charge is 0.344 e. The van der Waals surface area contributed by atoms with Gasteiger partial charge in [-0.05, 0) is 59.9 Å². The molecular formula is C36H78O2P2. The van der Waals surface area contributed by atoms with Crippen molar-refractivity contribution in [2.45, 2.75) is 185 Å². The van der Waals surface area contributed by atoms with Gasteiger partial charge in [0.1, 0.15) is 0 Å². The maximum absolute atomic E-state index is 12.4. The molecule has 0 amide bonds. The molecule has 0 rings (SSSR count). The van der Waals surface area contributed by atoms with Gasteiger partial charge in [-0.25, -0.2) is 0 Å². The molecule has 0 aliphatic carbocycles. The molecule has 0 aliphatic rings. The molecule has 0 radical (unpaired) electrons. The first kappa shape index (κ1) is 42.8. The van der Waals surface area contributed by atoms with E-state index in [0.717, 1.165) is 12.8 Å². The van der Waals surface area contributed by atoms with Gasteiger partial charge in [-0.1, -0.05) is 160 Å². The van der Waals surface area contributed by atoms with Crippen molar-refractivity contribution in [1.29, 1.82) is 0 Å². The Hall–Kier alpha value is 0.620. The topological polar surface area (TPSA) is 37.3 Å². The second kappa shape index (κ2) is 23.1. The Bertz CT molecular complexity index is 577. The van der Waals surface area contributed by atoms with Crippen molar-refractivity contribution < 1.29 is 9.46 Å². The van der Waals surface area contributed by atoms with E-state index in [4.69, 9.17) is 0 Å². The average molecular weight is 605 g/mol. The van der Waals surface area contributed by atoms with E-state index < -0.39 is 7.37 Å². The minimum Gasteiger partial charge on any atom is -0.344 e. The van der Waals surface area contributed by atoms with Gasteiger partial charge in [0.25, 0.3) is 0 Å². The minimum atomic E-state index is -2.98. The van der Waals surface area contributed by atoms with Gasteiger partial charge >= 0.3 is 0 Å². The average Bonchev–Trinajstić information content (AvgIpc) is 2.79. The fourth-order valence-electron chi connectivity index (χ4n) is 6.78. The molecule has 0 aromatic heterocycles. The lowest BCUT2D eigenvalue weighted by Gasteiger charge is -2.30. The first-order valence-electron chi connectivity index (χ1n) is 17.5. The van der Waals surface area contributed by atoms with Crippen LogP contribution in [0, 0.1) is 28.1 Å². The van der Waals surface area contributed by atoms with E-state index >= 15 is 0 Å². The predicted molar refractivity (Wildman–Crippen MR) is 189 cm³/mol. The van der Waals surface area contributed by atoms with Crippen molar-refractivity contribution >= 4 is 16.6 Å². The maximum Gasteiger partial charge on any atom is 0.201 e. The first-order valence-corrected chi connectivity index (χ1v) is 20.3. The van der Waals surface area contributed by atoms with E-state index in [1.165, 1.54) is 102 Å². The summed E-state index contributed by atoms with van der Waals surface area (Å²) < 4.78 is 12.4. The molecule has 0 saturated carbocycles. The molecule has 0 aromatic rings. The first-order chi connectivity index (χ1) is 18.4. The smallest absolute Gasteiger partial charge is 0.201 e. The van der Waals surface area contributed by atoms with Crippen LogP contribution < -0.4 is 0 Å². The molecule has 0 aliphatic heterocycles. The third kappa shape index (κ3) is 27.5. The molecule has 0 saturated heterocycles. The van der Waals surface area contributed by atoms with Crippen molar-refractivity contribution in [2.75, 3.05) is 18.5 Å². The highest BCUT2D eigenvalue weighted by Crippen LogP contribution is 2.47. The molecule has 0 heterocycles. The van der Waals surface area contributed by atoms with Gasteiger partial charge in [0, 0.05) is 12.3 Å². The summed E-state index contributed by atoms with van der Waals surface area (Å²) in [6.45, 7) is 24.5. The van der Waals surface area contributed by atoms with Gasteiger partial charge in [0.05, 0.1) is 0 Å². The van der Waals surface area contributed by atoms with Crippen LogP contribution in [0.2, 0.25) is 0 Å². The molecule has 0 aromatic carbocycles. The lowest BCUT2D eigenvalue weighted by molar-refractivity contribution is 0.220. The molecule has 0 bridgehead atoms. The Balaban J connectivity index is 0. The minimum absolute atomic E-state index is 0.233. The Labute approximate surface area is 257 Å². The fraction of sp³-hybridized carbons (Fsp3) is 1.00. The van der Waals surface area contributed by atoms with Crippen LogP contribution in [-0.4, -0.2) is 23.4 Å². The highest BCUT2D eigenvalue weighted by atomic mass is 31.2. The van der Waals surface area contributed by atoms with Crippen LogP contribution in [0.1, 0.15) is 185 Å². The van der Waals surface area contributed by atoms with E-state index in [1.54, 1.807) is 0 Å². The van der Waals surface area contributed by atoms with Gasteiger partial charge in [0.15, 0.2) is 0 Å². The van der Waals surface area contributed by atoms with E-state index in [2.05, 4.69) is 85.4 Å². The lowest BCUT2D eigenvalue weighted by atomic mass is 9.75. The summed E-state index contributed by atoms with van der Waals surface area (Å²) in [5, 5.41) is 0. The zero-order valence-corrected chi connectivity index (χ0v) is 31.7. The van der Waals surface area contributed by atoms with Gasteiger partial charge in [-0.15, -0.1) is 9.24 Å². The van der Waals surface area contributed by atoms with Gasteiger partial charge in [0.2, 0.25) is 7.37 Å². The second-order valence-electron chi connectivity index (χ2n) is 15.9. The van der Waals surface area contributed by atoms with Crippen molar-refractivity contribution in [3.05, 3.63) is 0 Å². The lowest BCUT2D eigenvalue weighted by Crippen LogP contribution is -2.18. The van der Waals surface area contributed by atoms with Gasteiger partial charge in [-0.2, -0.15) is 0 Å². The second-order valence-corrected chi connectivity index (χ2v) is 18.9. The molecule has 4 heteroatoms. The van der Waals surface area contributed by atoms with Crippen LogP contribution >= 0.6 is 16.6 Å². The number of unbranched alkanes of at least 4 members (excludes halogenated alkanes) is 10. The molecule has 1 N–H and O–H groups in total. The van der Waals surface area contributed by atoms with Crippen LogP contribution in [0.4, 0.5) is 0 Å². The molecule has 3 unspecified atom stereocenters. The number of hydrogen-bond donors (Lipinski definition) is 1. The van der Waals surface area contributed by atoms with E-state index in [1.807, 2.05) is 0 Å². The zero-order chi connectivity index (χ0) is 31.3. The Morgan fingerprint density at radius 1 is 0.600 bits per heavy atom. The summed E-state index contributed by atoms with van der Waals surface area (Å²) in [7, 11) is -0.146. The van der Waals surface area contributed by atoms with Gasteiger partial charge < -0.3 is 4.89 Å². The Kier molecular flexibility index (Phi) is 24.6. The highest BCUT2D eigenvalue weighted by molar-refractivity contribution is 7.58. The standard InChI is InChI=1S/C20H43P.C16H35O2P/c1-4-20(5-2,6-3)18-16-14-12-10-8-7-9-11-13-15-17-19-21;1-13(9-15(3,4)5)11-19(17,18)12-14(2)10-16(6,7)8/h4-19,21H2,1-3H3;13-14H,9-12H2,1-8H3,(H,17,18). The van der Waals surface area contributed by atoms with Crippen molar-refractivity contribution in [3.63, 3.8) is 0 Å². The van der Waals surface area contributed by atoms with E-state index in [-0.39, 0.29) is 10.8 Å². The molecule has 0 fully saturated rings. The highest BCUT2D eigenvalue weighted by Gasteiger charge is 2.28. The fourth-order valence-corrected chi connectivity index (χ4v) is 9.43. The van der Waals surface area contributed by atoms with Crippen LogP contribution in [0.15, 0.2) is 0 Å². The van der Waals surface area contributed by atoms with Crippen molar-refractivity contribution in [2.24, 2.45) is 28.1 Å². The van der Waals surface area contributed by atoms with Crippen LogP contribution in [-0.2, 0) is 4.57 Å². The third-order valence-corrected chi connectivity index (χ3v) is 11.6. The summed E-state index contributed by atoms with van der Waals surface area (Å²) in [5.41, 5.74) is 1.13. The maximum atomic E-state index is 12.4. The Morgan fingerprint density at radius 3 is 1.18 bits per heavy atom. The summed E-state index contributed by atoms with van der Waals surface area (Å²) in [5.74, 6) is 0.635. The summed E-state index contributed by atoms with van der Waals surface area (Å²) in [6, 6.07) is 0. The van der Waals surface area contributed by atoms with Crippen molar-refractivity contribution in [1.82, 2.24) is 0 Å². The quantitative estimate of drug-likeness (QED) is 0.0986. The summed E-state index contributed by atoms with van der Waals surface area (Å²) >= 11 is 0. The third-order valence-electron chi connectivity index (χ3n) is 8.78. The molecule has 244 valence electrons. The molecular weight excluding hydrogens is 526 g/mol. The molecule has 0 spiro atoms. The molecule has 3 atom stereocenters. The van der Waals surface area contributed by atoms with Crippen LogP contribution in [0.5, 0.6) is 0 Å². The van der Waals surface area contributed by atoms with Crippen molar-refractivity contribution in [3.8, 4) is 0 Å². The molecule has 40 heavy (non-hydrogen) atoms. The van der Waals surface area contributed by atoms with Crippen LogP contribution in [0.25, 0.3) is 0 Å². The molecule has 2 nitrogen and oxygen atoms in total. The van der Waals surface area contributed by atoms with Gasteiger partial charge in [-0.3, -0.25) is 4.57 Å². The summed E-state index contributed by atoms with van der Waals surface area (Å²) in [4.78, 5) is 10.2. The monoisotopic (exact) mass is 605 g/mol. The summed E-state index contributed by atoms with van der Waals surface area (Å²) in [6.07, 6.45) is 25.9. The zero-order valence-electron chi connectivity index (χ0n) is 29.7. The van der Waals surface area contributed by atoms with Crippen LogP contribution in [0.3, 0.4) is 0 Å². The number of hydrogen-bond acceptors (Lipinski definition) is 1.